The molecule has 0 bridgehead atoms. The number of ketones is 1. The summed E-state index contributed by atoms with van der Waals surface area (Å²) in [7, 11) is -3.35. The third-order valence-electron chi connectivity index (χ3n) is 4.99. The molecule has 4 nitrogen and oxygen atoms in total. The summed E-state index contributed by atoms with van der Waals surface area (Å²) in [4.78, 5) is 12.6. The van der Waals surface area contributed by atoms with Crippen molar-refractivity contribution in [1.29, 1.82) is 0 Å². The summed E-state index contributed by atoms with van der Waals surface area (Å²) >= 11 is 0. The van der Waals surface area contributed by atoms with Crippen molar-refractivity contribution in [1.82, 2.24) is 4.31 Å². The van der Waals surface area contributed by atoms with Gasteiger partial charge in [0.05, 0.1) is 5.75 Å². The topological polar surface area (TPSA) is 54.5 Å². The van der Waals surface area contributed by atoms with E-state index in [9.17, 15) is 13.2 Å². The number of nitrogens with zero attached hydrogens (tertiary/aromatic N) is 1. The summed E-state index contributed by atoms with van der Waals surface area (Å²) in [5, 5.41) is 0. The maximum atomic E-state index is 12.7. The van der Waals surface area contributed by atoms with E-state index < -0.39 is 10.0 Å². The van der Waals surface area contributed by atoms with Gasteiger partial charge in [-0.05, 0) is 32.3 Å². The number of benzene rings is 2. The minimum absolute atomic E-state index is 0.0191. The maximum absolute atomic E-state index is 12.7. The van der Waals surface area contributed by atoms with Gasteiger partial charge in [0.1, 0.15) is 0 Å². The molecule has 1 saturated heterocycles. The van der Waals surface area contributed by atoms with Crippen LogP contribution in [0.2, 0.25) is 0 Å². The Morgan fingerprint density at radius 2 is 1.65 bits per heavy atom. The van der Waals surface area contributed by atoms with Crippen molar-refractivity contribution >= 4 is 15.8 Å². The fourth-order valence-corrected chi connectivity index (χ4v) is 5.00. The van der Waals surface area contributed by atoms with Crippen molar-refractivity contribution in [3.63, 3.8) is 0 Å². The lowest BCUT2D eigenvalue weighted by Crippen LogP contribution is -2.40. The highest BCUT2D eigenvalue weighted by atomic mass is 32.2. The first-order valence-corrected chi connectivity index (χ1v) is 10.6. The molecule has 2 aromatic carbocycles. The zero-order valence-electron chi connectivity index (χ0n) is 15.3. The first-order chi connectivity index (χ1) is 12.3. The summed E-state index contributed by atoms with van der Waals surface area (Å²) in [5.41, 5.74) is 3.71. The van der Waals surface area contributed by atoms with Crippen LogP contribution in [0.5, 0.6) is 0 Å². The third-order valence-corrected chi connectivity index (χ3v) is 6.84. The number of hydrogen-bond acceptors (Lipinski definition) is 3. The van der Waals surface area contributed by atoms with Crippen LogP contribution in [0.1, 0.15) is 39.9 Å². The SMILES string of the molecule is Cc1ccc(C(=O)C2CCN(S(=O)(=O)Cc3cccc(C)c3)CC2)cc1. The number of hydrogen-bond donors (Lipinski definition) is 0. The molecule has 1 aliphatic rings. The monoisotopic (exact) mass is 371 g/mol. The second-order valence-corrected chi connectivity index (χ2v) is 9.12. The van der Waals surface area contributed by atoms with Gasteiger partial charge in [-0.15, -0.1) is 0 Å². The first-order valence-electron chi connectivity index (χ1n) is 8.99. The van der Waals surface area contributed by atoms with Crippen LogP contribution in [-0.2, 0) is 15.8 Å². The molecule has 0 amide bonds. The van der Waals surface area contributed by atoms with Crippen molar-refractivity contribution < 1.29 is 13.2 Å². The number of rotatable bonds is 5. The van der Waals surface area contributed by atoms with Crippen molar-refractivity contribution in [3.05, 3.63) is 70.8 Å². The average Bonchev–Trinajstić information content (AvgIpc) is 2.61. The molecular formula is C21H25NO3S. The predicted octanol–water partition coefficient (Wildman–Crippen LogP) is 3.73. The molecule has 0 unspecified atom stereocenters. The van der Waals surface area contributed by atoms with Crippen LogP contribution in [0, 0.1) is 19.8 Å². The van der Waals surface area contributed by atoms with Crippen LogP contribution in [0.3, 0.4) is 0 Å². The van der Waals surface area contributed by atoms with Gasteiger partial charge >= 0.3 is 0 Å². The molecule has 0 spiro atoms. The highest BCUT2D eigenvalue weighted by Gasteiger charge is 2.31. The molecule has 0 atom stereocenters. The summed E-state index contributed by atoms with van der Waals surface area (Å²) in [6, 6.07) is 15.2. The molecule has 1 fully saturated rings. The maximum Gasteiger partial charge on any atom is 0.218 e. The lowest BCUT2D eigenvalue weighted by atomic mass is 9.89. The van der Waals surface area contributed by atoms with Gasteiger partial charge in [0, 0.05) is 24.6 Å². The molecule has 26 heavy (non-hydrogen) atoms. The van der Waals surface area contributed by atoms with Gasteiger partial charge in [0.15, 0.2) is 5.78 Å². The molecule has 0 saturated carbocycles. The Bertz CT molecular complexity index is 880. The standard InChI is InChI=1S/C21H25NO3S/c1-16-6-8-19(9-7-16)21(23)20-10-12-22(13-11-20)26(24,25)15-18-5-3-4-17(2)14-18/h3-9,14,20H,10-13,15H2,1-2H3. The second kappa shape index (κ2) is 7.72. The summed E-state index contributed by atoms with van der Waals surface area (Å²) in [6.45, 7) is 4.77. The van der Waals surface area contributed by atoms with E-state index in [4.69, 9.17) is 0 Å². The summed E-state index contributed by atoms with van der Waals surface area (Å²) in [5.74, 6) is 0.0505. The van der Waals surface area contributed by atoms with Crippen LogP contribution >= 0.6 is 0 Å². The molecule has 5 heteroatoms. The van der Waals surface area contributed by atoms with Gasteiger partial charge < -0.3 is 0 Å². The second-order valence-electron chi connectivity index (χ2n) is 7.15. The van der Waals surface area contributed by atoms with E-state index in [1.165, 1.54) is 4.31 Å². The van der Waals surface area contributed by atoms with Gasteiger partial charge in [-0.2, -0.15) is 0 Å². The van der Waals surface area contributed by atoms with E-state index in [0.29, 0.717) is 25.9 Å². The highest BCUT2D eigenvalue weighted by Crippen LogP contribution is 2.25. The summed E-state index contributed by atoms with van der Waals surface area (Å²) in [6.07, 6.45) is 1.17. The minimum Gasteiger partial charge on any atom is -0.294 e. The minimum atomic E-state index is -3.35. The fourth-order valence-electron chi connectivity index (χ4n) is 3.45. The van der Waals surface area contributed by atoms with Crippen molar-refractivity contribution in [2.75, 3.05) is 13.1 Å². The number of Topliss-reactive ketones (excluding diaryl/α,β-unsaturated/α-hetero) is 1. The molecule has 0 aliphatic carbocycles. The molecular weight excluding hydrogens is 346 g/mol. The first kappa shape index (κ1) is 18.8. The summed E-state index contributed by atoms with van der Waals surface area (Å²) < 4.78 is 26.9. The molecule has 2 aromatic rings. The Hall–Kier alpha value is -1.98. The number of aryl methyl sites for hydroxylation is 2. The zero-order chi connectivity index (χ0) is 18.7. The zero-order valence-corrected chi connectivity index (χ0v) is 16.1. The molecule has 0 aromatic heterocycles. The Labute approximate surface area is 155 Å². The highest BCUT2D eigenvalue weighted by molar-refractivity contribution is 7.88. The van der Waals surface area contributed by atoms with E-state index in [-0.39, 0.29) is 17.5 Å². The number of sulfonamides is 1. The third kappa shape index (κ3) is 4.40. The van der Waals surface area contributed by atoms with Gasteiger partial charge in [-0.1, -0.05) is 59.7 Å². The van der Waals surface area contributed by atoms with Crippen LogP contribution in [0.25, 0.3) is 0 Å². The van der Waals surface area contributed by atoms with Crippen molar-refractivity contribution in [3.8, 4) is 0 Å². The fraction of sp³-hybridized carbons (Fsp3) is 0.381. The van der Waals surface area contributed by atoms with Gasteiger partial charge in [-0.3, -0.25) is 4.79 Å². The molecule has 0 N–H and O–H groups in total. The van der Waals surface area contributed by atoms with E-state index >= 15 is 0 Å². The van der Waals surface area contributed by atoms with E-state index in [2.05, 4.69) is 0 Å². The van der Waals surface area contributed by atoms with Crippen LogP contribution in [0.4, 0.5) is 0 Å². The number of piperidine rings is 1. The molecule has 0 radical (unpaired) electrons. The largest absolute Gasteiger partial charge is 0.294 e. The lowest BCUT2D eigenvalue weighted by molar-refractivity contribution is 0.0875. The van der Waals surface area contributed by atoms with Crippen LogP contribution < -0.4 is 0 Å². The number of carbonyl (C=O) groups is 1. The molecule has 1 heterocycles. The molecule has 1 aliphatic heterocycles. The van der Waals surface area contributed by atoms with E-state index in [1.54, 1.807) is 0 Å². The molecule has 138 valence electrons. The van der Waals surface area contributed by atoms with E-state index in [0.717, 1.165) is 22.3 Å². The number of carbonyl (C=O) groups excluding carboxylic acids is 1. The van der Waals surface area contributed by atoms with Crippen LogP contribution in [0.15, 0.2) is 48.5 Å². The van der Waals surface area contributed by atoms with Crippen molar-refractivity contribution in [2.24, 2.45) is 5.92 Å². The average molecular weight is 372 g/mol. The Kier molecular flexibility index (Phi) is 5.58. The quantitative estimate of drug-likeness (QED) is 0.753. The van der Waals surface area contributed by atoms with Crippen LogP contribution in [-0.4, -0.2) is 31.6 Å². The van der Waals surface area contributed by atoms with Gasteiger partial charge in [0.2, 0.25) is 10.0 Å². The Morgan fingerprint density at radius 1 is 1.00 bits per heavy atom. The van der Waals surface area contributed by atoms with E-state index in [1.807, 2.05) is 62.4 Å². The van der Waals surface area contributed by atoms with Gasteiger partial charge in [-0.25, -0.2) is 12.7 Å². The van der Waals surface area contributed by atoms with Crippen molar-refractivity contribution in [2.45, 2.75) is 32.4 Å². The predicted molar refractivity (Wildman–Crippen MR) is 104 cm³/mol. The van der Waals surface area contributed by atoms with Gasteiger partial charge in [0.25, 0.3) is 0 Å². The molecule has 3 rings (SSSR count). The normalized spacial score (nSPS) is 16.5. The lowest BCUT2D eigenvalue weighted by Gasteiger charge is -2.30. The smallest absolute Gasteiger partial charge is 0.218 e. The Balaban J connectivity index is 1.62. The Morgan fingerprint density at radius 3 is 2.27 bits per heavy atom.